The smallest absolute Gasteiger partial charge is 0.227 e. The van der Waals surface area contributed by atoms with Crippen molar-refractivity contribution in [3.05, 3.63) is 65.2 Å². The van der Waals surface area contributed by atoms with Gasteiger partial charge >= 0.3 is 0 Å². The van der Waals surface area contributed by atoms with Crippen molar-refractivity contribution < 1.29 is 18.3 Å². The number of anilines is 1. The van der Waals surface area contributed by atoms with Crippen LogP contribution in [-0.4, -0.2) is 72.7 Å². The van der Waals surface area contributed by atoms with Gasteiger partial charge in [0.1, 0.15) is 11.6 Å². The number of aryl methyl sites for hydroxylation is 1. The van der Waals surface area contributed by atoms with E-state index in [2.05, 4.69) is 30.6 Å². The van der Waals surface area contributed by atoms with Crippen LogP contribution in [0.15, 0.2) is 42.5 Å². The number of likely N-dealkylation sites (tertiary alicyclic amines) is 1. The van der Waals surface area contributed by atoms with Crippen LogP contribution in [0, 0.1) is 24.5 Å². The molecule has 3 fully saturated rings. The first kappa shape index (κ1) is 26.1. The lowest BCUT2D eigenvalue weighted by Gasteiger charge is -2.46. The quantitative estimate of drug-likeness (QED) is 0.580. The van der Waals surface area contributed by atoms with Gasteiger partial charge in [0.2, 0.25) is 5.91 Å². The SMILES string of the molecule is Cc1ccc([C@@H]2CN([C@@H]3CCO[C@@H](C)C3)CC2C(=O)N2C[C@@H](C)N(c3ccc(F)cc3)[C@@H](C)C2)c(F)c1. The Morgan fingerprint density at radius 3 is 2.30 bits per heavy atom. The van der Waals surface area contributed by atoms with E-state index in [0.29, 0.717) is 37.8 Å². The molecule has 2 aromatic carbocycles. The van der Waals surface area contributed by atoms with Crippen LogP contribution < -0.4 is 4.90 Å². The van der Waals surface area contributed by atoms with Crippen molar-refractivity contribution in [2.45, 2.75) is 70.7 Å². The van der Waals surface area contributed by atoms with Crippen LogP contribution in [0.4, 0.5) is 14.5 Å². The number of ether oxygens (including phenoxy) is 1. The minimum absolute atomic E-state index is 0.0848. The molecule has 3 aliphatic heterocycles. The van der Waals surface area contributed by atoms with E-state index < -0.39 is 0 Å². The largest absolute Gasteiger partial charge is 0.378 e. The van der Waals surface area contributed by atoms with Crippen molar-refractivity contribution in [2.24, 2.45) is 5.92 Å². The Hall–Kier alpha value is -2.51. The fourth-order valence-corrected chi connectivity index (χ4v) is 6.80. The minimum Gasteiger partial charge on any atom is -0.378 e. The van der Waals surface area contributed by atoms with Gasteiger partial charge in [0.15, 0.2) is 0 Å². The van der Waals surface area contributed by atoms with Crippen molar-refractivity contribution >= 4 is 11.6 Å². The lowest BCUT2D eigenvalue weighted by Crippen LogP contribution is -2.59. The maximum absolute atomic E-state index is 15.2. The number of halogens is 2. The summed E-state index contributed by atoms with van der Waals surface area (Å²) in [6, 6.07) is 12.5. The van der Waals surface area contributed by atoms with Gasteiger partial charge in [0.05, 0.1) is 12.0 Å². The average Bonchev–Trinajstić information content (AvgIpc) is 3.29. The van der Waals surface area contributed by atoms with Crippen LogP contribution in [0.25, 0.3) is 0 Å². The van der Waals surface area contributed by atoms with Crippen LogP contribution in [0.1, 0.15) is 50.7 Å². The van der Waals surface area contributed by atoms with Crippen molar-refractivity contribution in [3.63, 3.8) is 0 Å². The Labute approximate surface area is 219 Å². The average molecular weight is 512 g/mol. The molecule has 5 rings (SSSR count). The second-order valence-corrected chi connectivity index (χ2v) is 11.4. The Morgan fingerprint density at radius 1 is 0.946 bits per heavy atom. The standard InChI is InChI=1S/C30H39F2N3O2/c1-19-5-10-26(29(32)13-19)27-17-33(25-11-12-37-22(4)14-25)18-28(27)30(36)34-15-20(2)35(21(3)16-34)24-8-6-23(31)7-9-24/h5-10,13,20-22,25,27-28H,11-12,14-18H2,1-4H3/t20-,21+,22-,25+,27-,28?/m0/s1. The molecule has 7 heteroatoms. The van der Waals surface area contributed by atoms with E-state index in [-0.39, 0.29) is 47.6 Å². The highest BCUT2D eigenvalue weighted by Crippen LogP contribution is 2.39. The lowest BCUT2D eigenvalue weighted by molar-refractivity contribution is -0.137. The molecule has 1 amide bonds. The molecule has 200 valence electrons. The summed E-state index contributed by atoms with van der Waals surface area (Å²) in [5.41, 5.74) is 2.50. The molecule has 0 saturated carbocycles. The van der Waals surface area contributed by atoms with Crippen LogP contribution in [0.3, 0.4) is 0 Å². The van der Waals surface area contributed by atoms with Crippen LogP contribution in [0.2, 0.25) is 0 Å². The highest BCUT2D eigenvalue weighted by molar-refractivity contribution is 5.81. The van der Waals surface area contributed by atoms with Crippen molar-refractivity contribution in [3.8, 4) is 0 Å². The minimum atomic E-state index is -0.285. The van der Waals surface area contributed by atoms with Gasteiger partial charge in [-0.3, -0.25) is 9.69 Å². The summed E-state index contributed by atoms with van der Waals surface area (Å²) in [5.74, 6) is -0.811. The van der Waals surface area contributed by atoms with Crippen molar-refractivity contribution in [1.82, 2.24) is 9.80 Å². The molecule has 0 bridgehead atoms. The summed E-state index contributed by atoms with van der Waals surface area (Å²) in [4.78, 5) is 20.8. The van der Waals surface area contributed by atoms with Gasteiger partial charge in [-0.25, -0.2) is 8.78 Å². The monoisotopic (exact) mass is 511 g/mol. The molecule has 0 aromatic heterocycles. The third-order valence-corrected chi connectivity index (χ3v) is 8.55. The van der Waals surface area contributed by atoms with Crippen molar-refractivity contribution in [1.29, 1.82) is 0 Å². The van der Waals surface area contributed by atoms with E-state index in [1.165, 1.54) is 12.1 Å². The van der Waals surface area contributed by atoms with Gasteiger partial charge < -0.3 is 14.5 Å². The van der Waals surface area contributed by atoms with E-state index in [0.717, 1.165) is 30.7 Å². The zero-order valence-corrected chi connectivity index (χ0v) is 22.4. The molecular formula is C30H39F2N3O2. The summed E-state index contributed by atoms with van der Waals surface area (Å²) in [6.07, 6.45) is 2.08. The summed E-state index contributed by atoms with van der Waals surface area (Å²) < 4.78 is 34.5. The lowest BCUT2D eigenvalue weighted by atomic mass is 9.86. The number of benzene rings is 2. The number of amides is 1. The van der Waals surface area contributed by atoms with Gasteiger partial charge in [0.25, 0.3) is 0 Å². The zero-order valence-electron chi connectivity index (χ0n) is 22.4. The zero-order chi connectivity index (χ0) is 26.3. The van der Waals surface area contributed by atoms with Crippen molar-refractivity contribution in [2.75, 3.05) is 37.7 Å². The van der Waals surface area contributed by atoms with E-state index >= 15 is 4.39 Å². The number of carbonyl (C=O) groups is 1. The number of hydrogen-bond donors (Lipinski definition) is 0. The van der Waals surface area contributed by atoms with E-state index in [1.807, 2.05) is 24.0 Å². The molecule has 0 radical (unpaired) electrons. The summed E-state index contributed by atoms with van der Waals surface area (Å²) in [7, 11) is 0. The first-order valence-electron chi connectivity index (χ1n) is 13.7. The first-order valence-corrected chi connectivity index (χ1v) is 13.7. The fourth-order valence-electron chi connectivity index (χ4n) is 6.80. The molecule has 0 aliphatic carbocycles. The molecule has 0 N–H and O–H groups in total. The van der Waals surface area contributed by atoms with E-state index in [4.69, 9.17) is 4.74 Å². The van der Waals surface area contributed by atoms with Crippen LogP contribution in [-0.2, 0) is 9.53 Å². The Balaban J connectivity index is 1.37. The first-order chi connectivity index (χ1) is 17.7. The second kappa shape index (κ2) is 10.7. The van der Waals surface area contributed by atoms with Gasteiger partial charge in [-0.1, -0.05) is 12.1 Å². The molecule has 6 atom stereocenters. The Kier molecular flexibility index (Phi) is 7.55. The molecule has 37 heavy (non-hydrogen) atoms. The number of nitrogens with zero attached hydrogens (tertiary/aromatic N) is 3. The highest BCUT2D eigenvalue weighted by atomic mass is 19.1. The number of hydrogen-bond acceptors (Lipinski definition) is 4. The Bertz CT molecular complexity index is 1100. The molecule has 3 saturated heterocycles. The third kappa shape index (κ3) is 5.39. The maximum atomic E-state index is 15.2. The molecular weight excluding hydrogens is 472 g/mol. The van der Waals surface area contributed by atoms with Gasteiger partial charge in [-0.2, -0.15) is 0 Å². The Morgan fingerprint density at radius 2 is 1.65 bits per heavy atom. The molecule has 3 heterocycles. The molecule has 0 spiro atoms. The summed E-state index contributed by atoms with van der Waals surface area (Å²) in [6.45, 7) is 11.5. The summed E-state index contributed by atoms with van der Waals surface area (Å²) >= 11 is 0. The predicted molar refractivity (Wildman–Crippen MR) is 142 cm³/mol. The highest BCUT2D eigenvalue weighted by Gasteiger charge is 2.45. The predicted octanol–water partition coefficient (Wildman–Crippen LogP) is 4.98. The molecule has 5 nitrogen and oxygen atoms in total. The maximum Gasteiger partial charge on any atom is 0.227 e. The van der Waals surface area contributed by atoms with E-state index in [9.17, 15) is 9.18 Å². The van der Waals surface area contributed by atoms with Crippen LogP contribution in [0.5, 0.6) is 0 Å². The molecule has 1 unspecified atom stereocenters. The number of carbonyl (C=O) groups excluding carboxylic acids is 1. The number of rotatable bonds is 4. The normalized spacial score (nSPS) is 31.1. The topological polar surface area (TPSA) is 36.0 Å². The van der Waals surface area contributed by atoms with Gasteiger partial charge in [-0.15, -0.1) is 0 Å². The fraction of sp³-hybridized carbons (Fsp3) is 0.567. The molecule has 2 aromatic rings. The second-order valence-electron chi connectivity index (χ2n) is 11.4. The molecule has 3 aliphatic rings. The van der Waals surface area contributed by atoms with Gasteiger partial charge in [-0.05, 0) is 82.0 Å². The van der Waals surface area contributed by atoms with Gasteiger partial charge in [0, 0.05) is 62.5 Å². The third-order valence-electron chi connectivity index (χ3n) is 8.55. The van der Waals surface area contributed by atoms with Crippen LogP contribution >= 0.6 is 0 Å². The summed E-state index contributed by atoms with van der Waals surface area (Å²) in [5, 5.41) is 0. The van der Waals surface area contributed by atoms with E-state index in [1.54, 1.807) is 18.2 Å². The number of piperazine rings is 1.